The van der Waals surface area contributed by atoms with Crippen LogP contribution in [0.3, 0.4) is 0 Å². The first kappa shape index (κ1) is 11.6. The highest BCUT2D eigenvalue weighted by molar-refractivity contribution is 5.80. The first-order valence-electron chi connectivity index (χ1n) is 5.10. The van der Waals surface area contributed by atoms with E-state index in [2.05, 4.69) is 4.84 Å². The predicted octanol–water partition coefficient (Wildman–Crippen LogP) is 1.09. The summed E-state index contributed by atoms with van der Waals surface area (Å²) in [5.41, 5.74) is 2.57. The van der Waals surface area contributed by atoms with Crippen molar-refractivity contribution < 1.29 is 14.0 Å². The maximum absolute atomic E-state index is 13.1. The smallest absolute Gasteiger partial charge is 0.328 e. The number of carbonyl (C=O) groups is 1. The number of hydrazine groups is 1. The van der Waals surface area contributed by atoms with Crippen molar-refractivity contribution in [2.24, 2.45) is 5.84 Å². The van der Waals surface area contributed by atoms with Crippen LogP contribution in [-0.4, -0.2) is 10.5 Å². The monoisotopic (exact) mass is 237 g/mol. The Morgan fingerprint density at radius 3 is 3.06 bits per heavy atom. The van der Waals surface area contributed by atoms with Gasteiger partial charge in [-0.15, -0.1) is 0 Å². The summed E-state index contributed by atoms with van der Waals surface area (Å²) in [6.45, 7) is 0.410. The quantitative estimate of drug-likeness (QED) is 0.617. The Morgan fingerprint density at radius 1 is 1.47 bits per heavy atom. The van der Waals surface area contributed by atoms with Gasteiger partial charge < -0.3 is 9.40 Å². The summed E-state index contributed by atoms with van der Waals surface area (Å²) >= 11 is 0. The van der Waals surface area contributed by atoms with Crippen LogP contribution in [0.15, 0.2) is 30.5 Å². The fourth-order valence-corrected chi connectivity index (χ4v) is 1.68. The molecule has 2 rings (SSSR count). The minimum absolute atomic E-state index is 0.157. The van der Waals surface area contributed by atoms with Crippen LogP contribution in [0.1, 0.15) is 6.42 Å². The molecule has 0 aliphatic rings. The molecule has 1 aromatic heterocycles. The van der Waals surface area contributed by atoms with E-state index in [4.69, 9.17) is 5.84 Å². The lowest BCUT2D eigenvalue weighted by atomic mass is 10.2. The van der Waals surface area contributed by atoms with Crippen molar-refractivity contribution in [3.05, 3.63) is 36.3 Å². The van der Waals surface area contributed by atoms with E-state index in [1.54, 1.807) is 16.8 Å². The molecule has 17 heavy (non-hydrogen) atoms. The summed E-state index contributed by atoms with van der Waals surface area (Å²) in [6, 6.07) is 6.39. The number of nitrogens with two attached hydrogens (primary N) is 1. The molecule has 0 radical (unpaired) electrons. The predicted molar refractivity (Wildman–Crippen MR) is 59.9 cm³/mol. The van der Waals surface area contributed by atoms with Crippen molar-refractivity contribution >= 4 is 16.9 Å². The van der Waals surface area contributed by atoms with Crippen LogP contribution in [0.25, 0.3) is 10.9 Å². The highest BCUT2D eigenvalue weighted by Gasteiger charge is 2.06. The zero-order valence-corrected chi connectivity index (χ0v) is 9.02. The second-order valence-corrected chi connectivity index (χ2v) is 3.55. The third kappa shape index (κ3) is 2.61. The minimum Gasteiger partial charge on any atom is -0.356 e. The largest absolute Gasteiger partial charge is 0.356 e. The lowest BCUT2D eigenvalue weighted by molar-refractivity contribution is -0.151. The third-order valence-electron chi connectivity index (χ3n) is 2.47. The van der Waals surface area contributed by atoms with Crippen molar-refractivity contribution in [1.29, 1.82) is 0 Å². The Balaban J connectivity index is 2.13. The van der Waals surface area contributed by atoms with E-state index in [1.807, 2.05) is 11.7 Å². The zero-order valence-electron chi connectivity index (χ0n) is 9.02. The van der Waals surface area contributed by atoms with Crippen molar-refractivity contribution in [1.82, 2.24) is 10.2 Å². The number of rotatable bonds is 4. The van der Waals surface area contributed by atoms with Gasteiger partial charge in [0.05, 0.1) is 11.9 Å². The lowest BCUT2D eigenvalue weighted by Gasteiger charge is -2.05. The molecule has 0 saturated heterocycles. The molecule has 0 saturated carbocycles. The molecule has 0 unspecified atom stereocenters. The van der Waals surface area contributed by atoms with E-state index in [1.165, 1.54) is 12.1 Å². The third-order valence-corrected chi connectivity index (χ3v) is 2.47. The summed E-state index contributed by atoms with van der Waals surface area (Å²) in [5, 5.41) is 0.928. The Morgan fingerprint density at radius 2 is 2.29 bits per heavy atom. The van der Waals surface area contributed by atoms with E-state index < -0.39 is 5.97 Å². The van der Waals surface area contributed by atoms with E-state index >= 15 is 0 Å². The summed E-state index contributed by atoms with van der Waals surface area (Å²) in [7, 11) is 0. The molecular weight excluding hydrogens is 225 g/mol. The van der Waals surface area contributed by atoms with Crippen molar-refractivity contribution in [2.45, 2.75) is 13.0 Å². The highest BCUT2D eigenvalue weighted by Crippen LogP contribution is 2.17. The van der Waals surface area contributed by atoms with Crippen molar-refractivity contribution in [3.63, 3.8) is 0 Å². The molecule has 0 aliphatic heterocycles. The van der Waals surface area contributed by atoms with Crippen LogP contribution in [0.4, 0.5) is 4.39 Å². The van der Waals surface area contributed by atoms with Crippen molar-refractivity contribution in [3.8, 4) is 0 Å². The van der Waals surface area contributed by atoms with Crippen LogP contribution in [-0.2, 0) is 16.2 Å². The molecule has 2 aromatic rings. The fraction of sp³-hybridized carbons (Fsp3) is 0.182. The molecule has 6 heteroatoms. The highest BCUT2D eigenvalue weighted by atomic mass is 19.1. The number of nitrogens with one attached hydrogen (secondary N) is 1. The molecule has 5 nitrogen and oxygen atoms in total. The number of benzene rings is 1. The molecule has 0 fully saturated rings. The topological polar surface area (TPSA) is 69.3 Å². The molecule has 0 amide bonds. The van der Waals surface area contributed by atoms with E-state index in [9.17, 15) is 9.18 Å². The van der Waals surface area contributed by atoms with E-state index in [-0.39, 0.29) is 12.2 Å². The number of aryl methyl sites for hydroxylation is 1. The van der Waals surface area contributed by atoms with Gasteiger partial charge in [0.15, 0.2) is 0 Å². The summed E-state index contributed by atoms with van der Waals surface area (Å²) in [4.78, 5) is 15.5. The zero-order chi connectivity index (χ0) is 12.3. The van der Waals surface area contributed by atoms with Gasteiger partial charge in [0.25, 0.3) is 0 Å². The maximum Gasteiger partial charge on any atom is 0.328 e. The number of aromatic nitrogens is 1. The Labute approximate surface area is 96.9 Å². The molecule has 0 atom stereocenters. The molecule has 0 spiro atoms. The van der Waals surface area contributed by atoms with Crippen LogP contribution in [0, 0.1) is 5.82 Å². The van der Waals surface area contributed by atoms with Gasteiger partial charge in [-0.05, 0) is 29.7 Å². The number of halogens is 1. The van der Waals surface area contributed by atoms with Crippen LogP contribution < -0.4 is 11.4 Å². The second kappa shape index (κ2) is 4.94. The van der Waals surface area contributed by atoms with Gasteiger partial charge in [-0.25, -0.2) is 10.2 Å². The van der Waals surface area contributed by atoms with Crippen LogP contribution >= 0.6 is 0 Å². The number of hydrogen-bond acceptors (Lipinski definition) is 4. The van der Waals surface area contributed by atoms with E-state index in [0.29, 0.717) is 6.54 Å². The van der Waals surface area contributed by atoms with Gasteiger partial charge >= 0.3 is 5.97 Å². The number of nitrogens with zero attached hydrogens (tertiary/aromatic N) is 1. The number of fused-ring (bicyclic) bond motifs is 1. The van der Waals surface area contributed by atoms with Gasteiger partial charge in [0, 0.05) is 12.7 Å². The first-order chi connectivity index (χ1) is 8.20. The lowest BCUT2D eigenvalue weighted by Crippen LogP contribution is -2.26. The molecular formula is C11H12FN3O2. The summed E-state index contributed by atoms with van der Waals surface area (Å²) in [5.74, 6) is 4.07. The van der Waals surface area contributed by atoms with Crippen LogP contribution in [0.2, 0.25) is 0 Å². The molecule has 1 aromatic carbocycles. The average molecular weight is 237 g/mol. The molecule has 1 heterocycles. The number of hydrogen-bond donors (Lipinski definition) is 2. The summed E-state index contributed by atoms with van der Waals surface area (Å²) in [6.07, 6.45) is 1.96. The average Bonchev–Trinajstić information content (AvgIpc) is 2.69. The van der Waals surface area contributed by atoms with Gasteiger partial charge in [-0.2, -0.15) is 0 Å². The molecule has 0 bridgehead atoms. The number of carbonyl (C=O) groups excluding carboxylic acids is 1. The SMILES string of the molecule is NNOC(=O)CCn1ccc2ccc(F)cc21. The maximum atomic E-state index is 13.1. The molecule has 0 aliphatic carbocycles. The molecule has 90 valence electrons. The standard InChI is InChI=1S/C11H12FN3O2/c12-9-2-1-8-3-5-15(10(8)7-9)6-4-11(16)17-14-13/h1-3,5,7,14H,4,6,13H2. The van der Waals surface area contributed by atoms with Gasteiger partial charge in [0.2, 0.25) is 0 Å². The summed E-state index contributed by atoms with van der Waals surface area (Å²) < 4.78 is 14.9. The Hall–Kier alpha value is -1.92. The minimum atomic E-state index is -0.467. The Kier molecular flexibility index (Phi) is 3.36. The van der Waals surface area contributed by atoms with Crippen molar-refractivity contribution in [2.75, 3.05) is 0 Å². The molecule has 3 N–H and O–H groups in total. The van der Waals surface area contributed by atoms with Gasteiger partial charge in [-0.3, -0.25) is 4.79 Å². The van der Waals surface area contributed by atoms with Crippen LogP contribution in [0.5, 0.6) is 0 Å². The Bertz CT molecular complexity index is 538. The normalized spacial score (nSPS) is 10.7. The van der Waals surface area contributed by atoms with Gasteiger partial charge in [0.1, 0.15) is 5.82 Å². The second-order valence-electron chi connectivity index (χ2n) is 3.55. The first-order valence-corrected chi connectivity index (χ1v) is 5.10. The fourth-order valence-electron chi connectivity index (χ4n) is 1.68. The van der Waals surface area contributed by atoms with Gasteiger partial charge in [-0.1, -0.05) is 5.59 Å². The van der Waals surface area contributed by atoms with E-state index in [0.717, 1.165) is 10.9 Å².